The van der Waals surface area contributed by atoms with E-state index in [0.29, 0.717) is 26.1 Å². The fourth-order valence-corrected chi connectivity index (χ4v) is 3.30. The molecule has 2 rings (SSSR count). The highest BCUT2D eigenvalue weighted by Gasteiger charge is 2.11. The van der Waals surface area contributed by atoms with Gasteiger partial charge in [-0.2, -0.15) is 0 Å². The van der Waals surface area contributed by atoms with Crippen LogP contribution < -0.4 is 14.8 Å². The normalized spacial score (nSPS) is 10.6. The predicted molar refractivity (Wildman–Crippen MR) is 119 cm³/mol. The summed E-state index contributed by atoms with van der Waals surface area (Å²) < 4.78 is 12.3. The Balaban J connectivity index is 1.74. The monoisotopic (exact) mass is 467 g/mol. The maximum absolute atomic E-state index is 12.1. The zero-order valence-corrected chi connectivity index (χ0v) is 19.0. The van der Waals surface area contributed by atoms with Crippen molar-refractivity contribution in [1.29, 1.82) is 0 Å². The molecule has 0 aromatic heterocycles. The largest absolute Gasteiger partial charge is 0.494 e. The molecule has 0 aliphatic rings. The zero-order chi connectivity index (χ0) is 20.5. The number of nitrogens with one attached hydrogen (secondary N) is 1. The van der Waals surface area contributed by atoms with Crippen molar-refractivity contribution in [3.63, 3.8) is 0 Å². The second kappa shape index (κ2) is 11.3. The minimum atomic E-state index is -0.0363. The fourth-order valence-electron chi connectivity index (χ4n) is 2.61. The molecule has 1 N–H and O–H groups in total. The van der Waals surface area contributed by atoms with E-state index in [0.717, 1.165) is 50.7 Å². The lowest BCUT2D eigenvalue weighted by Crippen LogP contribution is -2.13. The Kier molecular flexibility index (Phi) is 9.13. The molecule has 0 bridgehead atoms. The number of carbonyl (C=O) groups is 1. The number of unbranched alkanes of at least 4 members (excludes halogenated alkanes) is 1. The second-order valence-corrected chi connectivity index (χ2v) is 7.84. The highest BCUT2D eigenvalue weighted by molar-refractivity contribution is 9.10. The lowest BCUT2D eigenvalue weighted by Gasteiger charge is -2.13. The lowest BCUT2D eigenvalue weighted by molar-refractivity contribution is -0.116. The molecule has 0 unspecified atom stereocenters. The number of benzene rings is 2. The van der Waals surface area contributed by atoms with Crippen molar-refractivity contribution < 1.29 is 14.3 Å². The van der Waals surface area contributed by atoms with Crippen molar-refractivity contribution >= 4 is 39.1 Å². The predicted octanol–water partition coefficient (Wildman–Crippen LogP) is 6.70. The first-order chi connectivity index (χ1) is 13.4. The molecule has 0 saturated carbocycles. The van der Waals surface area contributed by atoms with Gasteiger partial charge in [0.05, 0.1) is 17.7 Å². The molecule has 0 spiro atoms. The first-order valence-electron chi connectivity index (χ1n) is 9.53. The van der Waals surface area contributed by atoms with Gasteiger partial charge < -0.3 is 14.8 Å². The third-order valence-corrected chi connectivity index (χ3v) is 5.85. The summed E-state index contributed by atoms with van der Waals surface area (Å²) in [7, 11) is 0. The molecular weight excluding hydrogens is 442 g/mol. The van der Waals surface area contributed by atoms with Crippen molar-refractivity contribution in [2.75, 3.05) is 18.5 Å². The van der Waals surface area contributed by atoms with Crippen molar-refractivity contribution in [2.45, 2.75) is 46.5 Å². The van der Waals surface area contributed by atoms with E-state index in [1.54, 1.807) is 0 Å². The number of hydrogen-bond donors (Lipinski definition) is 1. The highest BCUT2D eigenvalue weighted by atomic mass is 79.9. The van der Waals surface area contributed by atoms with Crippen LogP contribution >= 0.6 is 27.5 Å². The van der Waals surface area contributed by atoms with Gasteiger partial charge in [-0.1, -0.05) is 24.9 Å². The van der Waals surface area contributed by atoms with Gasteiger partial charge in [0.15, 0.2) is 0 Å². The summed E-state index contributed by atoms with van der Waals surface area (Å²) in [6, 6.07) is 9.36. The van der Waals surface area contributed by atoms with E-state index in [9.17, 15) is 4.79 Å². The van der Waals surface area contributed by atoms with E-state index in [-0.39, 0.29) is 5.91 Å². The van der Waals surface area contributed by atoms with E-state index < -0.39 is 0 Å². The Morgan fingerprint density at radius 3 is 2.46 bits per heavy atom. The van der Waals surface area contributed by atoms with Crippen molar-refractivity contribution in [3.05, 3.63) is 51.0 Å². The van der Waals surface area contributed by atoms with Crippen LogP contribution in [0, 0.1) is 13.8 Å². The van der Waals surface area contributed by atoms with E-state index in [2.05, 4.69) is 28.2 Å². The quantitative estimate of drug-likeness (QED) is 0.395. The van der Waals surface area contributed by atoms with Crippen LogP contribution in [0.15, 0.2) is 34.8 Å². The van der Waals surface area contributed by atoms with Gasteiger partial charge in [-0.05, 0) is 84.1 Å². The third kappa shape index (κ3) is 6.71. The highest BCUT2D eigenvalue weighted by Crippen LogP contribution is 2.35. The molecule has 2 aromatic carbocycles. The summed E-state index contributed by atoms with van der Waals surface area (Å²) in [6.45, 7) is 7.19. The van der Waals surface area contributed by atoms with E-state index in [4.69, 9.17) is 21.1 Å². The van der Waals surface area contributed by atoms with Gasteiger partial charge in [-0.3, -0.25) is 4.79 Å². The number of ether oxygens (including phenoxy) is 2. The van der Waals surface area contributed by atoms with Crippen LogP contribution in [-0.4, -0.2) is 19.1 Å². The van der Waals surface area contributed by atoms with Gasteiger partial charge in [0.2, 0.25) is 5.91 Å². The molecule has 0 radical (unpaired) electrons. The van der Waals surface area contributed by atoms with Crippen molar-refractivity contribution in [2.24, 2.45) is 0 Å². The first-order valence-corrected chi connectivity index (χ1v) is 10.7. The number of carbonyl (C=O) groups excluding carboxylic acids is 1. The summed E-state index contributed by atoms with van der Waals surface area (Å²) >= 11 is 9.75. The Labute approximate surface area is 180 Å². The average Bonchev–Trinajstić information content (AvgIpc) is 2.69. The smallest absolute Gasteiger partial charge is 0.224 e. The number of rotatable bonds is 10. The van der Waals surface area contributed by atoms with Gasteiger partial charge in [-0.25, -0.2) is 0 Å². The number of anilines is 1. The molecule has 2 aromatic rings. The lowest BCUT2D eigenvalue weighted by atomic mass is 10.1. The fraction of sp³-hybridized carbons (Fsp3) is 0.409. The molecule has 0 aliphatic heterocycles. The van der Waals surface area contributed by atoms with Crippen LogP contribution in [0.2, 0.25) is 5.02 Å². The molecular formula is C22H27BrClNO3. The second-order valence-electron chi connectivity index (χ2n) is 6.67. The van der Waals surface area contributed by atoms with Gasteiger partial charge in [0.25, 0.3) is 0 Å². The van der Waals surface area contributed by atoms with Crippen molar-refractivity contribution in [3.8, 4) is 11.5 Å². The van der Waals surface area contributed by atoms with Crippen molar-refractivity contribution in [1.82, 2.24) is 0 Å². The molecule has 0 heterocycles. The number of hydrogen-bond acceptors (Lipinski definition) is 3. The van der Waals surface area contributed by atoms with Gasteiger partial charge in [0, 0.05) is 17.1 Å². The summed E-state index contributed by atoms with van der Waals surface area (Å²) in [5.74, 6) is 1.53. The third-order valence-electron chi connectivity index (χ3n) is 4.28. The van der Waals surface area contributed by atoms with E-state index in [1.165, 1.54) is 0 Å². The molecule has 152 valence electrons. The minimum Gasteiger partial charge on any atom is -0.494 e. The molecule has 0 atom stereocenters. The maximum Gasteiger partial charge on any atom is 0.224 e. The number of halogens is 2. The molecule has 6 heteroatoms. The molecule has 1 amide bonds. The average molecular weight is 469 g/mol. The van der Waals surface area contributed by atoms with Crippen LogP contribution in [-0.2, 0) is 4.79 Å². The van der Waals surface area contributed by atoms with Crippen LogP contribution in [0.25, 0.3) is 0 Å². The Morgan fingerprint density at radius 1 is 1.11 bits per heavy atom. The SMILES string of the molecule is CCCCOc1ccc(NC(=O)CCCOc2cc(C)c(Cl)c(C)c2Br)cc1. The molecule has 4 nitrogen and oxygen atoms in total. The maximum atomic E-state index is 12.1. The number of aryl methyl sites for hydroxylation is 1. The Morgan fingerprint density at radius 2 is 1.79 bits per heavy atom. The van der Waals surface area contributed by atoms with Crippen LogP contribution in [0.4, 0.5) is 5.69 Å². The topological polar surface area (TPSA) is 47.6 Å². The standard InChI is InChI=1S/C22H27BrClNO3/c1-4-5-12-27-18-10-8-17(9-11-18)25-20(26)7-6-13-28-19-14-15(2)22(24)16(3)21(19)23/h8-11,14H,4-7,12-13H2,1-3H3,(H,25,26). The summed E-state index contributed by atoms with van der Waals surface area (Å²) in [5.41, 5.74) is 2.69. The van der Waals surface area contributed by atoms with Gasteiger partial charge in [-0.15, -0.1) is 0 Å². The first kappa shape index (κ1) is 22.6. The Hall–Kier alpha value is -1.72. The summed E-state index contributed by atoms with van der Waals surface area (Å²) in [5, 5.41) is 3.63. The summed E-state index contributed by atoms with van der Waals surface area (Å²) in [4.78, 5) is 12.1. The van der Waals surface area contributed by atoms with Crippen LogP contribution in [0.5, 0.6) is 11.5 Å². The number of amides is 1. The minimum absolute atomic E-state index is 0.0363. The van der Waals surface area contributed by atoms with Gasteiger partial charge in [0.1, 0.15) is 11.5 Å². The molecule has 0 saturated heterocycles. The zero-order valence-electron chi connectivity index (χ0n) is 16.6. The Bertz CT molecular complexity index is 793. The molecule has 0 fully saturated rings. The molecule has 28 heavy (non-hydrogen) atoms. The van der Waals surface area contributed by atoms with Gasteiger partial charge >= 0.3 is 0 Å². The van der Waals surface area contributed by atoms with E-state index >= 15 is 0 Å². The van der Waals surface area contributed by atoms with E-state index in [1.807, 2.05) is 44.2 Å². The summed E-state index contributed by atoms with van der Waals surface area (Å²) in [6.07, 6.45) is 3.15. The van der Waals surface area contributed by atoms with Crippen LogP contribution in [0.3, 0.4) is 0 Å². The van der Waals surface area contributed by atoms with Crippen LogP contribution in [0.1, 0.15) is 43.7 Å². The molecule has 0 aliphatic carbocycles.